The smallest absolute Gasteiger partial charge is 0.407 e. The van der Waals surface area contributed by atoms with E-state index < -0.39 is 5.60 Å². The molecule has 3 rings (SSSR count). The van der Waals surface area contributed by atoms with Crippen molar-refractivity contribution in [2.45, 2.75) is 44.8 Å². The van der Waals surface area contributed by atoms with Gasteiger partial charge in [-0.05, 0) is 44.2 Å². The van der Waals surface area contributed by atoms with Gasteiger partial charge < -0.3 is 14.8 Å². The van der Waals surface area contributed by atoms with Crippen LogP contribution in [0.5, 0.6) is 0 Å². The number of nitrogens with one attached hydrogen (secondary N) is 1. The van der Waals surface area contributed by atoms with Gasteiger partial charge in [0.25, 0.3) is 0 Å². The van der Waals surface area contributed by atoms with E-state index in [0.29, 0.717) is 25.7 Å². The van der Waals surface area contributed by atoms with Gasteiger partial charge in [0.15, 0.2) is 0 Å². The van der Waals surface area contributed by atoms with Crippen molar-refractivity contribution < 1.29 is 14.3 Å². The number of amides is 1. The third-order valence-electron chi connectivity index (χ3n) is 4.96. The maximum atomic E-state index is 12.1. The van der Waals surface area contributed by atoms with Gasteiger partial charge in [-0.25, -0.2) is 4.79 Å². The zero-order chi connectivity index (χ0) is 19.3. The lowest BCUT2D eigenvalue weighted by Crippen LogP contribution is -2.38. The average Bonchev–Trinajstić information content (AvgIpc) is 3.35. The lowest BCUT2D eigenvalue weighted by atomic mass is 9.93. The fraction of sp³-hybridized carbons (Fsp3) is 0.435. The number of hydrogen-bond donors (Lipinski definition) is 1. The Kier molecular flexibility index (Phi) is 5.85. The van der Waals surface area contributed by atoms with Crippen LogP contribution in [-0.4, -0.2) is 24.8 Å². The number of alkyl carbamates (subject to hydrolysis) is 1. The highest BCUT2D eigenvalue weighted by atomic mass is 16.6. The molecule has 2 aromatic rings. The van der Waals surface area contributed by atoms with Crippen molar-refractivity contribution in [3.8, 4) is 0 Å². The molecule has 0 spiro atoms. The molecule has 4 nitrogen and oxygen atoms in total. The molecule has 1 amide bonds. The molecule has 1 saturated carbocycles. The molecular weight excluding hydrogens is 338 g/mol. The molecule has 2 aromatic carbocycles. The Bertz CT molecular complexity index is 739. The van der Waals surface area contributed by atoms with Crippen molar-refractivity contribution in [2.75, 3.05) is 13.2 Å². The minimum Gasteiger partial charge on any atom is -0.444 e. The highest BCUT2D eigenvalue weighted by Crippen LogP contribution is 2.54. The summed E-state index contributed by atoms with van der Waals surface area (Å²) in [6.45, 7) is 7.47. The molecule has 4 heteroatoms. The summed E-state index contributed by atoms with van der Waals surface area (Å²) < 4.78 is 11.4. The van der Waals surface area contributed by atoms with E-state index in [4.69, 9.17) is 9.47 Å². The first kappa shape index (κ1) is 19.4. The third kappa shape index (κ3) is 5.33. The van der Waals surface area contributed by atoms with Gasteiger partial charge in [0.2, 0.25) is 0 Å². The molecule has 0 radical (unpaired) electrons. The first-order valence-electron chi connectivity index (χ1n) is 9.53. The van der Waals surface area contributed by atoms with Crippen LogP contribution in [0.25, 0.3) is 0 Å². The van der Waals surface area contributed by atoms with Gasteiger partial charge >= 0.3 is 6.09 Å². The molecule has 0 aromatic heterocycles. The normalized spacial score (nSPS) is 21.5. The zero-order valence-corrected chi connectivity index (χ0v) is 16.4. The SMILES string of the molecule is CC(C)(C)OC(=O)NCC1(c2ccccc2)CC1COCc1ccccc1. The summed E-state index contributed by atoms with van der Waals surface area (Å²) in [5.74, 6) is 0.388. The molecule has 1 aliphatic rings. The van der Waals surface area contributed by atoms with Crippen molar-refractivity contribution in [2.24, 2.45) is 5.92 Å². The number of ether oxygens (including phenoxy) is 2. The largest absolute Gasteiger partial charge is 0.444 e. The standard InChI is InChI=1S/C23H29NO3/c1-22(2,3)27-21(25)24-17-23(19-12-8-5-9-13-19)14-20(23)16-26-15-18-10-6-4-7-11-18/h4-13,20H,14-17H2,1-3H3,(H,24,25). The topological polar surface area (TPSA) is 47.6 Å². The third-order valence-corrected chi connectivity index (χ3v) is 4.96. The molecule has 0 saturated heterocycles. The van der Waals surface area contributed by atoms with E-state index in [0.717, 1.165) is 6.42 Å². The molecule has 0 bridgehead atoms. The predicted octanol–water partition coefficient (Wildman–Crippen LogP) is 4.69. The van der Waals surface area contributed by atoms with Crippen molar-refractivity contribution in [3.63, 3.8) is 0 Å². The van der Waals surface area contributed by atoms with Gasteiger partial charge in [0, 0.05) is 12.0 Å². The minimum atomic E-state index is -0.494. The molecular formula is C23H29NO3. The van der Waals surface area contributed by atoms with Crippen LogP contribution in [0.15, 0.2) is 60.7 Å². The number of hydrogen-bond acceptors (Lipinski definition) is 3. The maximum Gasteiger partial charge on any atom is 0.407 e. The van der Waals surface area contributed by atoms with E-state index in [1.165, 1.54) is 11.1 Å². The molecule has 2 atom stereocenters. The molecule has 144 valence electrons. The summed E-state index contributed by atoms with van der Waals surface area (Å²) in [5, 5.41) is 2.96. The molecule has 1 fully saturated rings. The second kappa shape index (κ2) is 8.13. The number of benzene rings is 2. The molecule has 27 heavy (non-hydrogen) atoms. The van der Waals surface area contributed by atoms with E-state index in [1.807, 2.05) is 57.2 Å². The van der Waals surface area contributed by atoms with Crippen LogP contribution in [-0.2, 0) is 21.5 Å². The van der Waals surface area contributed by atoms with E-state index in [2.05, 4.69) is 29.6 Å². The average molecular weight is 367 g/mol. The predicted molar refractivity (Wildman–Crippen MR) is 107 cm³/mol. The van der Waals surface area contributed by atoms with Crippen LogP contribution in [0.1, 0.15) is 38.3 Å². The highest BCUT2D eigenvalue weighted by molar-refractivity contribution is 5.68. The summed E-state index contributed by atoms with van der Waals surface area (Å²) in [4.78, 5) is 12.1. The summed E-state index contributed by atoms with van der Waals surface area (Å²) in [5.41, 5.74) is 1.85. The van der Waals surface area contributed by atoms with Gasteiger partial charge in [-0.15, -0.1) is 0 Å². The number of carbonyl (C=O) groups is 1. The van der Waals surface area contributed by atoms with Crippen molar-refractivity contribution in [3.05, 3.63) is 71.8 Å². The van der Waals surface area contributed by atoms with Gasteiger partial charge in [0.05, 0.1) is 13.2 Å². The monoisotopic (exact) mass is 367 g/mol. The minimum absolute atomic E-state index is 0.0746. The summed E-state index contributed by atoms with van der Waals surface area (Å²) in [7, 11) is 0. The van der Waals surface area contributed by atoms with E-state index in [9.17, 15) is 4.79 Å². The van der Waals surface area contributed by atoms with E-state index in [1.54, 1.807) is 0 Å². The fourth-order valence-corrected chi connectivity index (χ4v) is 3.48. The Labute approximate surface area is 161 Å². The first-order chi connectivity index (χ1) is 12.9. The molecule has 0 heterocycles. The second-order valence-electron chi connectivity index (χ2n) is 8.28. The Morgan fingerprint density at radius 1 is 1.07 bits per heavy atom. The Hall–Kier alpha value is -2.33. The maximum absolute atomic E-state index is 12.1. The van der Waals surface area contributed by atoms with E-state index >= 15 is 0 Å². The van der Waals surface area contributed by atoms with E-state index in [-0.39, 0.29) is 11.5 Å². The fourth-order valence-electron chi connectivity index (χ4n) is 3.48. The van der Waals surface area contributed by atoms with Crippen molar-refractivity contribution >= 4 is 6.09 Å². The van der Waals surface area contributed by atoms with Crippen LogP contribution < -0.4 is 5.32 Å². The summed E-state index contributed by atoms with van der Waals surface area (Å²) in [6, 6.07) is 20.6. The first-order valence-corrected chi connectivity index (χ1v) is 9.53. The van der Waals surface area contributed by atoms with Crippen LogP contribution >= 0.6 is 0 Å². The Balaban J connectivity index is 1.59. The lowest BCUT2D eigenvalue weighted by Gasteiger charge is -2.23. The van der Waals surface area contributed by atoms with Crippen LogP contribution in [0.3, 0.4) is 0 Å². The molecule has 1 aliphatic carbocycles. The number of carbonyl (C=O) groups excluding carboxylic acids is 1. The quantitative estimate of drug-likeness (QED) is 0.772. The van der Waals surface area contributed by atoms with Crippen molar-refractivity contribution in [1.29, 1.82) is 0 Å². The van der Waals surface area contributed by atoms with Crippen molar-refractivity contribution in [1.82, 2.24) is 5.32 Å². The highest BCUT2D eigenvalue weighted by Gasteiger charge is 2.55. The molecule has 1 N–H and O–H groups in total. The van der Waals surface area contributed by atoms with Gasteiger partial charge in [0.1, 0.15) is 5.60 Å². The number of rotatable bonds is 7. The Morgan fingerprint density at radius 3 is 2.33 bits per heavy atom. The molecule has 0 aliphatic heterocycles. The summed E-state index contributed by atoms with van der Waals surface area (Å²) in [6.07, 6.45) is 0.635. The van der Waals surface area contributed by atoms with Crippen LogP contribution in [0.2, 0.25) is 0 Å². The summed E-state index contributed by atoms with van der Waals surface area (Å²) >= 11 is 0. The van der Waals surface area contributed by atoms with Gasteiger partial charge in [-0.1, -0.05) is 60.7 Å². The van der Waals surface area contributed by atoms with Crippen LogP contribution in [0.4, 0.5) is 4.79 Å². The second-order valence-corrected chi connectivity index (χ2v) is 8.28. The Morgan fingerprint density at radius 2 is 1.70 bits per heavy atom. The molecule has 2 unspecified atom stereocenters. The van der Waals surface area contributed by atoms with Gasteiger partial charge in [-0.3, -0.25) is 0 Å². The van der Waals surface area contributed by atoms with Gasteiger partial charge in [-0.2, -0.15) is 0 Å². The van der Waals surface area contributed by atoms with Crippen LogP contribution in [0, 0.1) is 5.92 Å². The lowest BCUT2D eigenvalue weighted by molar-refractivity contribution is 0.0517. The zero-order valence-electron chi connectivity index (χ0n) is 16.4.